The highest BCUT2D eigenvalue weighted by Gasteiger charge is 2.20. The number of benzene rings is 4. The van der Waals surface area contributed by atoms with Crippen molar-refractivity contribution in [3.8, 4) is 39.6 Å². The van der Waals surface area contributed by atoms with Crippen LogP contribution in [0.15, 0.2) is 77.3 Å². The molecular weight excluding hydrogens is 390 g/mol. The van der Waals surface area contributed by atoms with Gasteiger partial charge in [-0.2, -0.15) is 0 Å². The first-order chi connectivity index (χ1) is 15.2. The SMILES string of the molecule is COc1ccc(-c2cc3cc(OC)c(OC)cc3c3onc(-c4ccccc4)c23)cc1. The van der Waals surface area contributed by atoms with Crippen molar-refractivity contribution in [2.24, 2.45) is 0 Å². The fraction of sp³-hybridized carbons (Fsp3) is 0.115. The summed E-state index contributed by atoms with van der Waals surface area (Å²) in [6.45, 7) is 0. The lowest BCUT2D eigenvalue weighted by molar-refractivity contribution is 0.356. The predicted octanol–water partition coefficient (Wildman–Crippen LogP) is 6.34. The molecule has 1 heterocycles. The van der Waals surface area contributed by atoms with Crippen LogP contribution in [0.2, 0.25) is 0 Å². The molecule has 0 radical (unpaired) electrons. The number of fused-ring (bicyclic) bond motifs is 3. The first-order valence-corrected chi connectivity index (χ1v) is 9.91. The van der Waals surface area contributed by atoms with Gasteiger partial charge in [-0.05, 0) is 46.8 Å². The first-order valence-electron chi connectivity index (χ1n) is 9.91. The quantitative estimate of drug-likeness (QED) is 0.338. The Balaban J connectivity index is 1.88. The Morgan fingerprint density at radius 3 is 2.10 bits per heavy atom. The molecule has 0 aliphatic carbocycles. The van der Waals surface area contributed by atoms with Gasteiger partial charge >= 0.3 is 0 Å². The zero-order valence-corrected chi connectivity index (χ0v) is 17.5. The average Bonchev–Trinajstić information content (AvgIpc) is 3.28. The van der Waals surface area contributed by atoms with E-state index >= 15 is 0 Å². The van der Waals surface area contributed by atoms with Crippen LogP contribution in [0.4, 0.5) is 0 Å². The molecule has 0 atom stereocenters. The topological polar surface area (TPSA) is 53.7 Å². The van der Waals surface area contributed by atoms with E-state index in [1.807, 2.05) is 66.7 Å². The van der Waals surface area contributed by atoms with Gasteiger partial charge in [-0.1, -0.05) is 47.6 Å². The van der Waals surface area contributed by atoms with Gasteiger partial charge < -0.3 is 18.7 Å². The van der Waals surface area contributed by atoms with E-state index in [0.29, 0.717) is 17.1 Å². The summed E-state index contributed by atoms with van der Waals surface area (Å²) in [5.41, 5.74) is 4.58. The number of hydrogen-bond donors (Lipinski definition) is 0. The summed E-state index contributed by atoms with van der Waals surface area (Å²) in [5, 5.41) is 7.31. The van der Waals surface area contributed by atoms with Crippen LogP contribution in [0.1, 0.15) is 0 Å². The lowest BCUT2D eigenvalue weighted by Gasteiger charge is -2.12. The maximum Gasteiger partial charge on any atom is 0.176 e. The molecule has 154 valence electrons. The molecule has 0 aliphatic heterocycles. The van der Waals surface area contributed by atoms with Crippen LogP contribution in [0.5, 0.6) is 17.2 Å². The molecule has 0 saturated heterocycles. The van der Waals surface area contributed by atoms with Crippen LogP contribution >= 0.6 is 0 Å². The van der Waals surface area contributed by atoms with Gasteiger partial charge in [0, 0.05) is 10.9 Å². The molecular formula is C26H21NO4. The zero-order chi connectivity index (χ0) is 21.4. The van der Waals surface area contributed by atoms with Crippen molar-refractivity contribution in [3.05, 3.63) is 72.8 Å². The molecule has 0 spiro atoms. The van der Waals surface area contributed by atoms with E-state index in [1.54, 1.807) is 21.3 Å². The minimum absolute atomic E-state index is 0.645. The van der Waals surface area contributed by atoms with Gasteiger partial charge in [0.15, 0.2) is 17.1 Å². The second-order valence-electron chi connectivity index (χ2n) is 7.18. The minimum atomic E-state index is 0.645. The highest BCUT2D eigenvalue weighted by Crippen LogP contribution is 2.43. The second-order valence-corrected chi connectivity index (χ2v) is 7.18. The summed E-state index contributed by atoms with van der Waals surface area (Å²) in [6, 6.07) is 24.1. The molecule has 5 nitrogen and oxygen atoms in total. The lowest BCUT2D eigenvalue weighted by atomic mass is 9.94. The van der Waals surface area contributed by atoms with Gasteiger partial charge in [0.05, 0.1) is 26.7 Å². The van der Waals surface area contributed by atoms with Crippen LogP contribution < -0.4 is 14.2 Å². The Hall–Kier alpha value is -3.99. The van der Waals surface area contributed by atoms with Gasteiger partial charge in [0.2, 0.25) is 0 Å². The average molecular weight is 411 g/mol. The largest absolute Gasteiger partial charge is 0.497 e. The molecule has 5 aromatic rings. The molecule has 0 aliphatic rings. The van der Waals surface area contributed by atoms with Crippen molar-refractivity contribution in [1.29, 1.82) is 0 Å². The predicted molar refractivity (Wildman–Crippen MR) is 122 cm³/mol. The van der Waals surface area contributed by atoms with Gasteiger partial charge in [-0.15, -0.1) is 0 Å². The smallest absolute Gasteiger partial charge is 0.176 e. The molecule has 0 N–H and O–H groups in total. The number of hydrogen-bond acceptors (Lipinski definition) is 5. The van der Waals surface area contributed by atoms with E-state index in [1.165, 1.54) is 0 Å². The highest BCUT2D eigenvalue weighted by atomic mass is 16.5. The Kier molecular flexibility index (Phi) is 4.71. The Labute approximate surface area is 179 Å². The number of methoxy groups -OCH3 is 3. The van der Waals surface area contributed by atoms with Crippen molar-refractivity contribution in [2.45, 2.75) is 0 Å². The lowest BCUT2D eigenvalue weighted by Crippen LogP contribution is -1.92. The summed E-state index contributed by atoms with van der Waals surface area (Å²) in [5.74, 6) is 2.12. The standard InChI is InChI=1S/C26H21NO4/c1-28-19-11-9-16(10-12-19)20-13-18-14-22(29-2)23(30-3)15-21(18)26-24(20)25(27-31-26)17-7-5-4-6-8-17/h4-15H,1-3H3. The maximum absolute atomic E-state index is 5.93. The molecule has 0 saturated carbocycles. The fourth-order valence-corrected chi connectivity index (χ4v) is 3.95. The monoisotopic (exact) mass is 411 g/mol. The Morgan fingerprint density at radius 1 is 0.710 bits per heavy atom. The van der Waals surface area contributed by atoms with Crippen molar-refractivity contribution in [1.82, 2.24) is 5.16 Å². The first kappa shape index (κ1) is 19.0. The summed E-state index contributed by atoms with van der Waals surface area (Å²) in [6.07, 6.45) is 0. The normalized spacial score (nSPS) is 11.1. The molecule has 0 amide bonds. The van der Waals surface area contributed by atoms with Crippen molar-refractivity contribution >= 4 is 21.7 Å². The van der Waals surface area contributed by atoms with Gasteiger partial charge in [0.25, 0.3) is 0 Å². The van der Waals surface area contributed by atoms with Crippen LogP contribution in [-0.2, 0) is 0 Å². The molecule has 0 unspecified atom stereocenters. The number of rotatable bonds is 5. The molecule has 5 heteroatoms. The van der Waals surface area contributed by atoms with Gasteiger partial charge in [-0.3, -0.25) is 0 Å². The number of aromatic nitrogens is 1. The highest BCUT2D eigenvalue weighted by molar-refractivity contribution is 6.16. The van der Waals surface area contributed by atoms with E-state index in [2.05, 4.69) is 11.2 Å². The third-order valence-corrected chi connectivity index (χ3v) is 5.51. The zero-order valence-electron chi connectivity index (χ0n) is 17.5. The summed E-state index contributed by atoms with van der Waals surface area (Å²) < 4.78 is 22.3. The van der Waals surface area contributed by atoms with Crippen LogP contribution in [0, 0.1) is 0 Å². The summed E-state index contributed by atoms with van der Waals surface area (Å²) in [7, 11) is 4.92. The molecule has 31 heavy (non-hydrogen) atoms. The van der Waals surface area contributed by atoms with E-state index in [4.69, 9.17) is 18.7 Å². The van der Waals surface area contributed by atoms with Crippen molar-refractivity contribution < 1.29 is 18.7 Å². The minimum Gasteiger partial charge on any atom is -0.497 e. The van der Waals surface area contributed by atoms with Gasteiger partial charge in [-0.25, -0.2) is 0 Å². The Bertz CT molecular complexity index is 1370. The van der Waals surface area contributed by atoms with E-state index < -0.39 is 0 Å². The van der Waals surface area contributed by atoms with Crippen molar-refractivity contribution in [2.75, 3.05) is 21.3 Å². The van der Waals surface area contributed by atoms with E-state index in [0.717, 1.165) is 44.3 Å². The van der Waals surface area contributed by atoms with Crippen LogP contribution in [-0.4, -0.2) is 26.5 Å². The van der Waals surface area contributed by atoms with Gasteiger partial charge in [0.1, 0.15) is 11.4 Å². The number of ether oxygens (including phenoxy) is 3. The van der Waals surface area contributed by atoms with E-state index in [9.17, 15) is 0 Å². The number of nitrogens with zero attached hydrogens (tertiary/aromatic N) is 1. The van der Waals surface area contributed by atoms with Crippen molar-refractivity contribution in [3.63, 3.8) is 0 Å². The summed E-state index contributed by atoms with van der Waals surface area (Å²) >= 11 is 0. The molecule has 0 fully saturated rings. The third-order valence-electron chi connectivity index (χ3n) is 5.51. The van der Waals surface area contributed by atoms with Crippen LogP contribution in [0.25, 0.3) is 44.1 Å². The van der Waals surface area contributed by atoms with Crippen LogP contribution in [0.3, 0.4) is 0 Å². The second kappa shape index (κ2) is 7.69. The molecule has 1 aromatic heterocycles. The Morgan fingerprint density at radius 2 is 1.42 bits per heavy atom. The molecule has 0 bridgehead atoms. The fourth-order valence-electron chi connectivity index (χ4n) is 3.95. The maximum atomic E-state index is 5.93. The molecule has 4 aromatic carbocycles. The third kappa shape index (κ3) is 3.15. The summed E-state index contributed by atoms with van der Waals surface area (Å²) in [4.78, 5) is 0. The van der Waals surface area contributed by atoms with E-state index in [-0.39, 0.29) is 0 Å². The molecule has 5 rings (SSSR count).